The Bertz CT molecular complexity index is 754. The van der Waals surface area contributed by atoms with Crippen molar-refractivity contribution >= 4 is 17.6 Å². The van der Waals surface area contributed by atoms with Gasteiger partial charge in [0.2, 0.25) is 5.91 Å². The van der Waals surface area contributed by atoms with Gasteiger partial charge in [-0.05, 0) is 61.4 Å². The van der Waals surface area contributed by atoms with Crippen molar-refractivity contribution in [1.29, 1.82) is 0 Å². The second kappa shape index (κ2) is 8.47. The van der Waals surface area contributed by atoms with Crippen molar-refractivity contribution < 1.29 is 23.5 Å². The molecule has 3 rings (SSSR count). The van der Waals surface area contributed by atoms with Gasteiger partial charge in [0.15, 0.2) is 0 Å². The van der Waals surface area contributed by atoms with Gasteiger partial charge in [0.1, 0.15) is 11.6 Å². The minimum Gasteiger partial charge on any atom is -0.493 e. The Labute approximate surface area is 151 Å². The van der Waals surface area contributed by atoms with Crippen LogP contribution in [0.3, 0.4) is 0 Å². The lowest BCUT2D eigenvalue weighted by Gasteiger charge is -2.08. The topological polar surface area (TPSA) is 64.6 Å². The predicted molar refractivity (Wildman–Crippen MR) is 94.6 cm³/mol. The van der Waals surface area contributed by atoms with Crippen LogP contribution in [0.25, 0.3) is 0 Å². The Kier molecular flexibility index (Phi) is 5.84. The summed E-state index contributed by atoms with van der Waals surface area (Å²) in [5.41, 5.74) is 1.10. The SMILES string of the molecule is O=C(OCCCOc1ccc(F)cc1)c1ccc(NC(=O)C2CC2)cc1. The monoisotopic (exact) mass is 357 g/mol. The number of amides is 1. The maximum Gasteiger partial charge on any atom is 0.338 e. The van der Waals surface area contributed by atoms with Gasteiger partial charge in [0.05, 0.1) is 18.8 Å². The van der Waals surface area contributed by atoms with Gasteiger partial charge in [0.25, 0.3) is 0 Å². The normalized spacial score (nSPS) is 13.1. The molecule has 26 heavy (non-hydrogen) atoms. The molecule has 1 aliphatic carbocycles. The molecule has 1 amide bonds. The van der Waals surface area contributed by atoms with Crippen LogP contribution in [0.4, 0.5) is 10.1 Å². The van der Waals surface area contributed by atoms with Gasteiger partial charge in [-0.25, -0.2) is 9.18 Å². The largest absolute Gasteiger partial charge is 0.493 e. The summed E-state index contributed by atoms with van der Waals surface area (Å²) in [6.45, 7) is 0.589. The van der Waals surface area contributed by atoms with E-state index in [-0.39, 0.29) is 24.2 Å². The minimum atomic E-state index is -0.424. The second-order valence-electron chi connectivity index (χ2n) is 6.13. The Morgan fingerprint density at radius 3 is 2.35 bits per heavy atom. The fourth-order valence-electron chi connectivity index (χ4n) is 2.31. The van der Waals surface area contributed by atoms with Crippen LogP contribution in [0.15, 0.2) is 48.5 Å². The number of halogens is 1. The summed E-state index contributed by atoms with van der Waals surface area (Å²) >= 11 is 0. The van der Waals surface area contributed by atoms with Gasteiger partial charge in [-0.1, -0.05) is 0 Å². The molecule has 1 saturated carbocycles. The molecular weight excluding hydrogens is 337 g/mol. The number of carbonyl (C=O) groups is 2. The lowest BCUT2D eigenvalue weighted by Crippen LogP contribution is -2.13. The molecule has 0 saturated heterocycles. The van der Waals surface area contributed by atoms with Crippen LogP contribution in [0.2, 0.25) is 0 Å². The maximum atomic E-state index is 12.8. The Hall–Kier alpha value is -2.89. The van der Waals surface area contributed by atoms with Crippen LogP contribution in [-0.4, -0.2) is 25.1 Å². The highest BCUT2D eigenvalue weighted by Crippen LogP contribution is 2.30. The highest BCUT2D eigenvalue weighted by atomic mass is 19.1. The zero-order valence-electron chi connectivity index (χ0n) is 14.2. The molecule has 0 atom stereocenters. The first kappa shape index (κ1) is 17.9. The van der Waals surface area contributed by atoms with E-state index in [1.54, 1.807) is 36.4 Å². The summed E-state index contributed by atoms with van der Waals surface area (Å²) in [4.78, 5) is 23.7. The summed E-state index contributed by atoms with van der Waals surface area (Å²) in [5.74, 6) is -0.00364. The predicted octanol–water partition coefficient (Wildman–Crippen LogP) is 3.80. The van der Waals surface area contributed by atoms with E-state index >= 15 is 0 Å². The molecule has 5 nitrogen and oxygen atoms in total. The van der Waals surface area contributed by atoms with Crippen molar-refractivity contribution in [3.05, 3.63) is 59.9 Å². The number of anilines is 1. The van der Waals surface area contributed by atoms with E-state index in [1.807, 2.05) is 0 Å². The van der Waals surface area contributed by atoms with Crippen molar-refractivity contribution in [2.75, 3.05) is 18.5 Å². The smallest absolute Gasteiger partial charge is 0.338 e. The summed E-state index contributed by atoms with van der Waals surface area (Å²) in [5, 5.41) is 2.82. The van der Waals surface area contributed by atoms with E-state index in [0.717, 1.165) is 12.8 Å². The first-order valence-electron chi connectivity index (χ1n) is 8.58. The third kappa shape index (κ3) is 5.31. The molecule has 6 heteroatoms. The lowest BCUT2D eigenvalue weighted by atomic mass is 10.2. The molecule has 2 aromatic rings. The van der Waals surface area contributed by atoms with Crippen LogP contribution in [-0.2, 0) is 9.53 Å². The lowest BCUT2D eigenvalue weighted by molar-refractivity contribution is -0.117. The van der Waals surface area contributed by atoms with E-state index < -0.39 is 5.97 Å². The standard InChI is InChI=1S/C20H20FNO4/c21-16-6-10-18(11-7-16)25-12-1-13-26-20(24)15-4-8-17(9-5-15)22-19(23)14-2-3-14/h4-11,14H,1-3,12-13H2,(H,22,23). The molecule has 0 heterocycles. The number of rotatable bonds is 8. The first-order chi connectivity index (χ1) is 12.6. The van der Waals surface area contributed by atoms with Gasteiger partial charge < -0.3 is 14.8 Å². The number of hydrogen-bond acceptors (Lipinski definition) is 4. The van der Waals surface area contributed by atoms with Crippen LogP contribution in [0.1, 0.15) is 29.6 Å². The molecule has 2 aromatic carbocycles. The highest BCUT2D eigenvalue weighted by Gasteiger charge is 2.29. The fraction of sp³-hybridized carbons (Fsp3) is 0.300. The first-order valence-corrected chi connectivity index (χ1v) is 8.58. The highest BCUT2D eigenvalue weighted by molar-refractivity contribution is 5.95. The molecule has 0 spiro atoms. The third-order valence-corrected chi connectivity index (χ3v) is 3.94. The van der Waals surface area contributed by atoms with Crippen molar-refractivity contribution in [3.63, 3.8) is 0 Å². The molecule has 136 valence electrons. The number of hydrogen-bond donors (Lipinski definition) is 1. The van der Waals surface area contributed by atoms with Gasteiger partial charge in [-0.3, -0.25) is 4.79 Å². The molecular formula is C20H20FNO4. The maximum absolute atomic E-state index is 12.8. The molecule has 0 radical (unpaired) electrons. The van der Waals surface area contributed by atoms with Gasteiger partial charge in [-0.15, -0.1) is 0 Å². The fourth-order valence-corrected chi connectivity index (χ4v) is 2.31. The zero-order chi connectivity index (χ0) is 18.4. The Morgan fingerprint density at radius 2 is 1.69 bits per heavy atom. The molecule has 1 fully saturated rings. The summed E-state index contributed by atoms with van der Waals surface area (Å²) in [7, 11) is 0. The molecule has 1 aliphatic rings. The van der Waals surface area contributed by atoms with E-state index in [9.17, 15) is 14.0 Å². The van der Waals surface area contributed by atoms with Crippen molar-refractivity contribution in [1.82, 2.24) is 0 Å². The number of carbonyl (C=O) groups excluding carboxylic acids is 2. The third-order valence-electron chi connectivity index (χ3n) is 3.94. The number of ether oxygens (including phenoxy) is 2. The molecule has 0 aromatic heterocycles. The minimum absolute atomic E-state index is 0.0291. The Morgan fingerprint density at radius 1 is 1.00 bits per heavy atom. The van der Waals surface area contributed by atoms with E-state index in [4.69, 9.17) is 9.47 Å². The van der Waals surface area contributed by atoms with Crippen LogP contribution in [0, 0.1) is 11.7 Å². The van der Waals surface area contributed by atoms with E-state index in [0.29, 0.717) is 30.0 Å². The molecule has 1 N–H and O–H groups in total. The second-order valence-corrected chi connectivity index (χ2v) is 6.13. The number of esters is 1. The summed E-state index contributed by atoms with van der Waals surface area (Å²) in [6, 6.07) is 12.4. The zero-order valence-corrected chi connectivity index (χ0v) is 14.2. The van der Waals surface area contributed by atoms with Gasteiger partial charge >= 0.3 is 5.97 Å². The molecule has 0 aliphatic heterocycles. The van der Waals surface area contributed by atoms with Crippen molar-refractivity contribution in [3.8, 4) is 5.75 Å². The summed E-state index contributed by atoms with van der Waals surface area (Å²) < 4.78 is 23.4. The number of nitrogens with one attached hydrogen (secondary N) is 1. The van der Waals surface area contributed by atoms with Gasteiger partial charge in [-0.2, -0.15) is 0 Å². The van der Waals surface area contributed by atoms with Crippen molar-refractivity contribution in [2.45, 2.75) is 19.3 Å². The number of benzene rings is 2. The Balaban J connectivity index is 1.36. The van der Waals surface area contributed by atoms with Crippen LogP contribution >= 0.6 is 0 Å². The summed E-state index contributed by atoms with van der Waals surface area (Å²) in [6.07, 6.45) is 2.42. The quantitative estimate of drug-likeness (QED) is 0.576. The van der Waals surface area contributed by atoms with E-state index in [2.05, 4.69) is 5.32 Å². The van der Waals surface area contributed by atoms with Crippen molar-refractivity contribution in [2.24, 2.45) is 5.92 Å². The average molecular weight is 357 g/mol. The molecule has 0 unspecified atom stereocenters. The molecule has 0 bridgehead atoms. The average Bonchev–Trinajstić information content (AvgIpc) is 3.49. The van der Waals surface area contributed by atoms with Crippen LogP contribution in [0.5, 0.6) is 5.75 Å². The van der Waals surface area contributed by atoms with E-state index in [1.165, 1.54) is 12.1 Å². The van der Waals surface area contributed by atoms with Gasteiger partial charge in [0, 0.05) is 18.0 Å². The van der Waals surface area contributed by atoms with Crippen LogP contribution < -0.4 is 10.1 Å².